The fourth-order valence-electron chi connectivity index (χ4n) is 4.66. The summed E-state index contributed by atoms with van der Waals surface area (Å²) in [6.07, 6.45) is 1.66. The van der Waals surface area contributed by atoms with E-state index in [2.05, 4.69) is 29.8 Å². The lowest BCUT2D eigenvalue weighted by Gasteiger charge is -2.14. The van der Waals surface area contributed by atoms with Crippen LogP contribution >= 0.6 is 11.8 Å². The number of para-hydroxylation sites is 1. The normalized spacial score (nSPS) is 11.8. The van der Waals surface area contributed by atoms with Crippen molar-refractivity contribution in [3.05, 3.63) is 156 Å². The van der Waals surface area contributed by atoms with Gasteiger partial charge >= 0.3 is 0 Å². The molecule has 3 amide bonds. The number of ether oxygens (including phenoxy) is 1. The molecule has 0 bridgehead atoms. The summed E-state index contributed by atoms with van der Waals surface area (Å²) in [5.74, 6) is 0.747. The molecule has 0 aliphatic carbocycles. The lowest BCUT2D eigenvalue weighted by molar-refractivity contribution is -0.115. The van der Waals surface area contributed by atoms with Gasteiger partial charge in [-0.25, -0.2) is 0 Å². The summed E-state index contributed by atoms with van der Waals surface area (Å²) < 4.78 is 5.83. The van der Waals surface area contributed by atoms with Crippen LogP contribution in [0.2, 0.25) is 0 Å². The number of carbonyl (C=O) groups is 3. The second kappa shape index (κ2) is 16.3. The van der Waals surface area contributed by atoms with Gasteiger partial charge in [0.05, 0.1) is 5.25 Å². The summed E-state index contributed by atoms with van der Waals surface area (Å²) in [6, 6.07) is 40.6. The molecule has 5 rings (SSSR count). The topological polar surface area (TPSA) is 96.5 Å². The number of benzene rings is 5. The van der Waals surface area contributed by atoms with Gasteiger partial charge in [-0.15, -0.1) is 11.8 Å². The first kappa shape index (κ1) is 33.8. The molecule has 0 aliphatic rings. The predicted molar refractivity (Wildman–Crippen MR) is 194 cm³/mol. The van der Waals surface area contributed by atoms with Crippen LogP contribution in [-0.4, -0.2) is 23.0 Å². The molecule has 0 aliphatic heterocycles. The third-order valence-electron chi connectivity index (χ3n) is 7.32. The molecule has 242 valence electrons. The molecule has 1 atom stereocenters. The fraction of sp³-hybridized carbons (Fsp3) is 0.125. The van der Waals surface area contributed by atoms with Gasteiger partial charge in [-0.05, 0) is 96.8 Å². The molecule has 1 unspecified atom stereocenters. The largest absolute Gasteiger partial charge is 0.457 e. The van der Waals surface area contributed by atoms with E-state index in [4.69, 9.17) is 4.74 Å². The zero-order chi connectivity index (χ0) is 33.9. The van der Waals surface area contributed by atoms with Crippen LogP contribution in [0.4, 0.5) is 11.4 Å². The SMILES string of the molecule is CC(Sc1cccc(NC(=O)/C(=C\c2ccc(C(C)C)cc2)NC(=O)c2ccccc2)c1)C(=O)Nc1ccc(Oc2ccccc2)cc1. The van der Waals surface area contributed by atoms with Crippen LogP contribution in [0, 0.1) is 0 Å². The highest BCUT2D eigenvalue weighted by Gasteiger charge is 2.18. The van der Waals surface area contributed by atoms with E-state index in [0.717, 1.165) is 16.2 Å². The zero-order valence-corrected chi connectivity index (χ0v) is 27.8. The number of anilines is 2. The monoisotopic (exact) mass is 655 g/mol. The number of hydrogen-bond acceptors (Lipinski definition) is 5. The Bertz CT molecular complexity index is 1870. The van der Waals surface area contributed by atoms with Crippen LogP contribution in [0.15, 0.2) is 144 Å². The van der Waals surface area contributed by atoms with Crippen LogP contribution < -0.4 is 20.7 Å². The van der Waals surface area contributed by atoms with Crippen molar-refractivity contribution in [3.8, 4) is 11.5 Å². The molecule has 8 heteroatoms. The first-order valence-electron chi connectivity index (χ1n) is 15.6. The van der Waals surface area contributed by atoms with Gasteiger partial charge in [0.15, 0.2) is 0 Å². The van der Waals surface area contributed by atoms with E-state index < -0.39 is 17.1 Å². The Labute approximate surface area is 285 Å². The van der Waals surface area contributed by atoms with Gasteiger partial charge in [-0.2, -0.15) is 0 Å². The molecular weight excluding hydrogens is 619 g/mol. The van der Waals surface area contributed by atoms with Crippen molar-refractivity contribution >= 4 is 46.9 Å². The maximum absolute atomic E-state index is 13.6. The molecule has 0 aromatic heterocycles. The Kier molecular flexibility index (Phi) is 11.5. The van der Waals surface area contributed by atoms with E-state index in [1.807, 2.05) is 79.7 Å². The average Bonchev–Trinajstić information content (AvgIpc) is 3.10. The first-order chi connectivity index (χ1) is 23.2. The van der Waals surface area contributed by atoms with E-state index in [-0.39, 0.29) is 11.6 Å². The van der Waals surface area contributed by atoms with E-state index >= 15 is 0 Å². The Hall–Kier alpha value is -5.60. The second-order valence-corrected chi connectivity index (χ2v) is 12.8. The molecule has 5 aromatic carbocycles. The van der Waals surface area contributed by atoms with Crippen molar-refractivity contribution in [3.63, 3.8) is 0 Å². The molecular formula is C40H37N3O4S. The molecule has 0 fully saturated rings. The average molecular weight is 656 g/mol. The number of carbonyl (C=O) groups excluding carboxylic acids is 3. The summed E-state index contributed by atoms with van der Waals surface area (Å²) in [5.41, 5.74) is 3.68. The smallest absolute Gasteiger partial charge is 0.272 e. The molecule has 0 saturated carbocycles. The molecule has 3 N–H and O–H groups in total. The maximum Gasteiger partial charge on any atom is 0.272 e. The lowest BCUT2D eigenvalue weighted by atomic mass is 10.0. The van der Waals surface area contributed by atoms with E-state index in [9.17, 15) is 14.4 Å². The third kappa shape index (κ3) is 9.70. The van der Waals surface area contributed by atoms with Crippen molar-refractivity contribution in [1.29, 1.82) is 0 Å². The standard InChI is InChI=1S/C40H37N3O4S/c1-27(2)30-19-17-29(18-20-30)25-37(43-39(45)31-11-6-4-7-12-31)40(46)42-33-13-10-16-36(26-33)48-28(3)38(44)41-32-21-23-35(24-22-32)47-34-14-8-5-9-15-34/h4-28H,1-3H3,(H,41,44)(H,42,46)(H,43,45)/b37-25+. The van der Waals surface area contributed by atoms with Crippen LogP contribution in [0.5, 0.6) is 11.5 Å². The summed E-state index contributed by atoms with van der Waals surface area (Å²) in [4.78, 5) is 40.4. The number of amides is 3. The number of hydrogen-bond donors (Lipinski definition) is 3. The number of rotatable bonds is 12. The van der Waals surface area contributed by atoms with Gasteiger partial charge in [0.1, 0.15) is 17.2 Å². The van der Waals surface area contributed by atoms with Crippen LogP contribution in [-0.2, 0) is 9.59 Å². The Morgan fingerprint density at radius 3 is 1.98 bits per heavy atom. The Morgan fingerprint density at radius 2 is 1.31 bits per heavy atom. The van der Waals surface area contributed by atoms with Gasteiger partial charge < -0.3 is 20.7 Å². The van der Waals surface area contributed by atoms with Gasteiger partial charge in [-0.1, -0.05) is 80.6 Å². The summed E-state index contributed by atoms with van der Waals surface area (Å²) >= 11 is 1.37. The number of thioether (sulfide) groups is 1. The minimum atomic E-state index is -0.472. The van der Waals surface area contributed by atoms with E-state index in [1.165, 1.54) is 17.3 Å². The van der Waals surface area contributed by atoms with Crippen molar-refractivity contribution in [1.82, 2.24) is 5.32 Å². The quantitative estimate of drug-likeness (QED) is 0.0920. The summed E-state index contributed by atoms with van der Waals surface area (Å²) in [7, 11) is 0. The highest BCUT2D eigenvalue weighted by Crippen LogP contribution is 2.28. The molecule has 0 spiro atoms. The zero-order valence-electron chi connectivity index (χ0n) is 27.0. The van der Waals surface area contributed by atoms with Crippen LogP contribution in [0.1, 0.15) is 48.2 Å². The van der Waals surface area contributed by atoms with Gasteiger partial charge in [0, 0.05) is 21.8 Å². The minimum Gasteiger partial charge on any atom is -0.457 e. The van der Waals surface area contributed by atoms with Crippen molar-refractivity contribution in [2.45, 2.75) is 36.8 Å². The molecule has 0 saturated heterocycles. The van der Waals surface area contributed by atoms with Crippen LogP contribution in [0.3, 0.4) is 0 Å². The van der Waals surface area contributed by atoms with Crippen LogP contribution in [0.25, 0.3) is 6.08 Å². The molecule has 0 heterocycles. The molecule has 7 nitrogen and oxygen atoms in total. The Morgan fingerprint density at radius 1 is 0.667 bits per heavy atom. The summed E-state index contributed by atoms with van der Waals surface area (Å²) in [6.45, 7) is 6.05. The minimum absolute atomic E-state index is 0.104. The lowest BCUT2D eigenvalue weighted by Crippen LogP contribution is -2.30. The fourth-order valence-corrected chi connectivity index (χ4v) is 5.59. The highest BCUT2D eigenvalue weighted by molar-refractivity contribution is 8.00. The number of nitrogens with one attached hydrogen (secondary N) is 3. The molecule has 5 aromatic rings. The second-order valence-electron chi connectivity index (χ2n) is 11.4. The summed E-state index contributed by atoms with van der Waals surface area (Å²) in [5, 5.41) is 8.21. The van der Waals surface area contributed by atoms with Gasteiger partial charge in [0.25, 0.3) is 11.8 Å². The third-order valence-corrected chi connectivity index (χ3v) is 8.41. The highest BCUT2D eigenvalue weighted by atomic mass is 32.2. The predicted octanol–water partition coefficient (Wildman–Crippen LogP) is 9.13. The molecule has 48 heavy (non-hydrogen) atoms. The van der Waals surface area contributed by atoms with Crippen molar-refractivity contribution in [2.75, 3.05) is 10.6 Å². The van der Waals surface area contributed by atoms with Gasteiger partial charge in [-0.3, -0.25) is 14.4 Å². The maximum atomic E-state index is 13.6. The Balaban J connectivity index is 1.23. The van der Waals surface area contributed by atoms with E-state index in [1.54, 1.807) is 66.7 Å². The van der Waals surface area contributed by atoms with E-state index in [0.29, 0.717) is 28.6 Å². The van der Waals surface area contributed by atoms with Gasteiger partial charge in [0.2, 0.25) is 5.91 Å². The molecule has 0 radical (unpaired) electrons. The van der Waals surface area contributed by atoms with Crippen molar-refractivity contribution < 1.29 is 19.1 Å². The van der Waals surface area contributed by atoms with Crippen molar-refractivity contribution in [2.24, 2.45) is 0 Å². The first-order valence-corrected chi connectivity index (χ1v) is 16.5.